The van der Waals surface area contributed by atoms with Crippen LogP contribution in [0.2, 0.25) is 0 Å². The van der Waals surface area contributed by atoms with Crippen LogP contribution in [0.15, 0.2) is 65.4 Å². The summed E-state index contributed by atoms with van der Waals surface area (Å²) < 4.78 is 7.86. The predicted molar refractivity (Wildman–Crippen MR) is 90.9 cm³/mol. The lowest BCUT2D eigenvalue weighted by molar-refractivity contribution is -0.149. The maximum atomic E-state index is 12.5. The molecule has 24 heavy (non-hydrogen) atoms. The van der Waals surface area contributed by atoms with E-state index in [1.807, 2.05) is 54.6 Å². The largest absolute Gasteiger partial charge is 0.459 e. The summed E-state index contributed by atoms with van der Waals surface area (Å²) in [5.41, 5.74) is 1.93. The molecule has 6 nitrogen and oxygen atoms in total. The van der Waals surface area contributed by atoms with Gasteiger partial charge in [-0.1, -0.05) is 58.4 Å². The minimum atomic E-state index is -0.599. The minimum Gasteiger partial charge on any atom is -0.459 e. The van der Waals surface area contributed by atoms with Crippen molar-refractivity contribution in [3.05, 3.63) is 76.5 Å². The molecule has 0 spiro atoms. The van der Waals surface area contributed by atoms with E-state index < -0.39 is 6.04 Å². The van der Waals surface area contributed by atoms with Crippen LogP contribution >= 0.6 is 15.9 Å². The number of nitrogens with zero attached hydrogens (tertiary/aromatic N) is 4. The van der Waals surface area contributed by atoms with E-state index in [-0.39, 0.29) is 12.6 Å². The molecular formula is C17H15BrN4O2. The quantitative estimate of drug-likeness (QED) is 0.609. The highest BCUT2D eigenvalue weighted by molar-refractivity contribution is 9.10. The van der Waals surface area contributed by atoms with Gasteiger partial charge in [0, 0.05) is 10.9 Å². The molecule has 7 heteroatoms. The standard InChI is InChI=1S/C17H15BrN4O2/c18-15-8-6-14(7-9-15)11-24-17(23)16(22-12-19-20-21-22)10-13-4-2-1-3-5-13/h1-9,12,16H,10-11H2/t16-/m0/s1. The Kier molecular flexibility index (Phi) is 5.32. The van der Waals surface area contributed by atoms with Crippen molar-refractivity contribution in [3.8, 4) is 0 Å². The molecule has 0 saturated heterocycles. The molecule has 0 radical (unpaired) electrons. The maximum absolute atomic E-state index is 12.5. The van der Waals surface area contributed by atoms with Crippen molar-refractivity contribution in [2.24, 2.45) is 0 Å². The molecule has 0 N–H and O–H groups in total. The number of benzene rings is 2. The zero-order chi connectivity index (χ0) is 16.8. The van der Waals surface area contributed by atoms with Crippen LogP contribution < -0.4 is 0 Å². The third kappa shape index (κ3) is 4.26. The Morgan fingerprint density at radius 1 is 1.08 bits per heavy atom. The first-order valence-electron chi connectivity index (χ1n) is 7.40. The van der Waals surface area contributed by atoms with Crippen LogP contribution in [0.5, 0.6) is 0 Å². The van der Waals surface area contributed by atoms with E-state index in [1.54, 1.807) is 0 Å². The van der Waals surface area contributed by atoms with Gasteiger partial charge in [-0.05, 0) is 33.7 Å². The minimum absolute atomic E-state index is 0.208. The van der Waals surface area contributed by atoms with Crippen LogP contribution in [-0.4, -0.2) is 26.2 Å². The third-order valence-corrected chi connectivity index (χ3v) is 4.05. The molecular weight excluding hydrogens is 372 g/mol. The summed E-state index contributed by atoms with van der Waals surface area (Å²) in [6.07, 6.45) is 1.89. The summed E-state index contributed by atoms with van der Waals surface area (Å²) in [5, 5.41) is 11.1. The number of carbonyl (C=O) groups is 1. The Morgan fingerprint density at radius 3 is 2.50 bits per heavy atom. The highest BCUT2D eigenvalue weighted by Gasteiger charge is 2.24. The molecule has 0 aliphatic rings. The lowest BCUT2D eigenvalue weighted by Crippen LogP contribution is -2.24. The van der Waals surface area contributed by atoms with Gasteiger partial charge in [0.2, 0.25) is 0 Å². The number of esters is 1. The molecule has 2 aromatic carbocycles. The van der Waals surface area contributed by atoms with Gasteiger partial charge in [0.15, 0.2) is 6.04 Å². The molecule has 0 aliphatic heterocycles. The molecule has 0 aliphatic carbocycles. The number of ether oxygens (including phenoxy) is 1. The monoisotopic (exact) mass is 386 g/mol. The number of rotatable bonds is 6. The van der Waals surface area contributed by atoms with E-state index in [4.69, 9.17) is 4.74 Å². The topological polar surface area (TPSA) is 69.9 Å². The van der Waals surface area contributed by atoms with Gasteiger partial charge < -0.3 is 4.74 Å². The molecule has 3 rings (SSSR count). The summed E-state index contributed by atoms with van der Waals surface area (Å²) in [4.78, 5) is 12.5. The second kappa shape index (κ2) is 7.83. The number of halogens is 1. The van der Waals surface area contributed by atoms with Crippen LogP contribution in [0, 0.1) is 0 Å². The first-order chi connectivity index (χ1) is 11.7. The second-order valence-corrected chi connectivity index (χ2v) is 6.15. The van der Waals surface area contributed by atoms with Crippen LogP contribution in [0.3, 0.4) is 0 Å². The van der Waals surface area contributed by atoms with Crippen molar-refractivity contribution in [1.29, 1.82) is 0 Å². The van der Waals surface area contributed by atoms with E-state index in [2.05, 4.69) is 31.5 Å². The maximum Gasteiger partial charge on any atom is 0.331 e. The lowest BCUT2D eigenvalue weighted by atomic mass is 10.1. The van der Waals surface area contributed by atoms with E-state index >= 15 is 0 Å². The number of carbonyl (C=O) groups excluding carboxylic acids is 1. The van der Waals surface area contributed by atoms with Crippen molar-refractivity contribution in [1.82, 2.24) is 20.2 Å². The molecule has 3 aromatic rings. The highest BCUT2D eigenvalue weighted by Crippen LogP contribution is 2.17. The fourth-order valence-electron chi connectivity index (χ4n) is 2.26. The summed E-state index contributed by atoms with van der Waals surface area (Å²) >= 11 is 3.38. The van der Waals surface area contributed by atoms with Crippen molar-refractivity contribution in [3.63, 3.8) is 0 Å². The molecule has 0 amide bonds. The van der Waals surface area contributed by atoms with E-state index in [9.17, 15) is 4.79 Å². The molecule has 0 unspecified atom stereocenters. The number of tetrazole rings is 1. The molecule has 1 heterocycles. The first-order valence-corrected chi connectivity index (χ1v) is 8.19. The molecule has 1 atom stereocenters. The Bertz CT molecular complexity index is 776. The van der Waals surface area contributed by atoms with Crippen LogP contribution in [-0.2, 0) is 22.6 Å². The van der Waals surface area contributed by atoms with Gasteiger partial charge in [-0.25, -0.2) is 9.48 Å². The molecule has 0 fully saturated rings. The van der Waals surface area contributed by atoms with E-state index in [0.29, 0.717) is 6.42 Å². The SMILES string of the molecule is O=C(OCc1ccc(Br)cc1)[C@H](Cc1ccccc1)n1cnnn1. The Balaban J connectivity index is 1.70. The fraction of sp³-hybridized carbons (Fsp3) is 0.176. The van der Waals surface area contributed by atoms with Gasteiger partial charge in [-0.2, -0.15) is 0 Å². The molecule has 0 bridgehead atoms. The fourth-order valence-corrected chi connectivity index (χ4v) is 2.53. The van der Waals surface area contributed by atoms with Crippen molar-refractivity contribution < 1.29 is 9.53 Å². The summed E-state index contributed by atoms with van der Waals surface area (Å²) in [5.74, 6) is -0.367. The Hall–Kier alpha value is -2.54. The highest BCUT2D eigenvalue weighted by atomic mass is 79.9. The Labute approximate surface area is 147 Å². The smallest absolute Gasteiger partial charge is 0.331 e. The van der Waals surface area contributed by atoms with Crippen molar-refractivity contribution in [2.75, 3.05) is 0 Å². The van der Waals surface area contributed by atoms with Crippen LogP contribution in [0.1, 0.15) is 17.2 Å². The summed E-state index contributed by atoms with van der Waals surface area (Å²) in [6, 6.07) is 16.7. The lowest BCUT2D eigenvalue weighted by Gasteiger charge is -2.15. The van der Waals surface area contributed by atoms with Gasteiger partial charge in [-0.15, -0.1) is 5.10 Å². The van der Waals surface area contributed by atoms with Crippen LogP contribution in [0.25, 0.3) is 0 Å². The van der Waals surface area contributed by atoms with Crippen LogP contribution in [0.4, 0.5) is 0 Å². The first kappa shape index (κ1) is 16.3. The number of hydrogen-bond acceptors (Lipinski definition) is 5. The van der Waals surface area contributed by atoms with Gasteiger partial charge in [0.1, 0.15) is 12.9 Å². The average Bonchev–Trinajstić information content (AvgIpc) is 3.14. The molecule has 1 aromatic heterocycles. The zero-order valence-corrected chi connectivity index (χ0v) is 14.3. The normalized spacial score (nSPS) is 11.9. The van der Waals surface area contributed by atoms with Gasteiger partial charge in [-0.3, -0.25) is 0 Å². The summed E-state index contributed by atoms with van der Waals surface area (Å²) in [6.45, 7) is 0.208. The average molecular weight is 387 g/mol. The third-order valence-electron chi connectivity index (χ3n) is 3.52. The van der Waals surface area contributed by atoms with Crippen molar-refractivity contribution >= 4 is 21.9 Å². The summed E-state index contributed by atoms with van der Waals surface area (Å²) in [7, 11) is 0. The van der Waals surface area contributed by atoms with Gasteiger partial charge in [0.05, 0.1) is 0 Å². The van der Waals surface area contributed by atoms with Gasteiger partial charge >= 0.3 is 5.97 Å². The molecule has 122 valence electrons. The zero-order valence-electron chi connectivity index (χ0n) is 12.7. The molecule has 0 saturated carbocycles. The predicted octanol–water partition coefficient (Wildman–Crippen LogP) is 2.96. The van der Waals surface area contributed by atoms with E-state index in [0.717, 1.165) is 15.6 Å². The van der Waals surface area contributed by atoms with Gasteiger partial charge in [0.25, 0.3) is 0 Å². The van der Waals surface area contributed by atoms with Crippen molar-refractivity contribution in [2.45, 2.75) is 19.1 Å². The number of hydrogen-bond donors (Lipinski definition) is 0. The number of aromatic nitrogens is 4. The van der Waals surface area contributed by atoms with E-state index in [1.165, 1.54) is 11.0 Å². The Morgan fingerprint density at radius 2 is 1.83 bits per heavy atom. The second-order valence-electron chi connectivity index (χ2n) is 5.23.